The lowest BCUT2D eigenvalue weighted by molar-refractivity contribution is -0.221. The first-order valence-electron chi connectivity index (χ1n) is 8.80. The Labute approximate surface area is 162 Å². The van der Waals surface area contributed by atoms with Crippen molar-refractivity contribution in [3.63, 3.8) is 0 Å². The van der Waals surface area contributed by atoms with E-state index in [1.54, 1.807) is 30.3 Å². The van der Waals surface area contributed by atoms with Gasteiger partial charge in [-0.05, 0) is 35.4 Å². The molecule has 0 aromatic heterocycles. The number of rotatable bonds is 5. The van der Waals surface area contributed by atoms with Gasteiger partial charge in [0.2, 0.25) is 0 Å². The van der Waals surface area contributed by atoms with Crippen LogP contribution in [0.15, 0.2) is 48.5 Å². The Morgan fingerprint density at radius 3 is 2.39 bits per heavy atom. The van der Waals surface area contributed by atoms with E-state index < -0.39 is 43.2 Å². The number of esters is 1. The summed E-state index contributed by atoms with van der Waals surface area (Å²) in [6, 6.07) is 14.2. The Bertz CT molecular complexity index is 808. The zero-order chi connectivity index (χ0) is 20.3. The van der Waals surface area contributed by atoms with E-state index in [1.807, 2.05) is 18.2 Å². The van der Waals surface area contributed by atoms with Gasteiger partial charge in [0.25, 0.3) is 0 Å². The first kappa shape index (κ1) is 20.2. The molecule has 1 aliphatic heterocycles. The molecule has 0 bridgehead atoms. The van der Waals surface area contributed by atoms with Crippen molar-refractivity contribution in [3.8, 4) is 11.1 Å². The second kappa shape index (κ2) is 8.68. The largest absolute Gasteiger partial charge is 0.465 e. The standard InChI is InChI=1S/C20H23NO7/c1-27-20(26)13-4-2-3-12(9-13)11-5-7-14(8-6-11)21-19-18(25)17(24)16(23)15(10-22)28-19/h2-9,15-19,21-25H,10H2,1H3. The average Bonchev–Trinajstić information content (AvgIpc) is 2.74. The van der Waals surface area contributed by atoms with Gasteiger partial charge in [-0.2, -0.15) is 0 Å². The molecule has 0 spiro atoms. The predicted molar refractivity (Wildman–Crippen MR) is 101 cm³/mol. The lowest BCUT2D eigenvalue weighted by Crippen LogP contribution is -2.60. The second-order valence-electron chi connectivity index (χ2n) is 6.54. The molecule has 0 amide bonds. The van der Waals surface area contributed by atoms with Crippen LogP contribution in [0.25, 0.3) is 11.1 Å². The Kier molecular flexibility index (Phi) is 6.28. The van der Waals surface area contributed by atoms with E-state index >= 15 is 0 Å². The summed E-state index contributed by atoms with van der Waals surface area (Å²) in [6.45, 7) is -0.488. The summed E-state index contributed by atoms with van der Waals surface area (Å²) in [4.78, 5) is 11.7. The average molecular weight is 389 g/mol. The van der Waals surface area contributed by atoms with Crippen LogP contribution >= 0.6 is 0 Å². The van der Waals surface area contributed by atoms with Crippen molar-refractivity contribution >= 4 is 11.7 Å². The minimum Gasteiger partial charge on any atom is -0.465 e. The maximum absolute atomic E-state index is 11.7. The summed E-state index contributed by atoms with van der Waals surface area (Å²) in [5.74, 6) is -0.414. The van der Waals surface area contributed by atoms with E-state index in [-0.39, 0.29) is 0 Å². The quantitative estimate of drug-likeness (QED) is 0.464. The van der Waals surface area contributed by atoms with Crippen LogP contribution in [0.5, 0.6) is 0 Å². The van der Waals surface area contributed by atoms with E-state index in [1.165, 1.54) is 7.11 Å². The topological polar surface area (TPSA) is 128 Å². The molecule has 8 nitrogen and oxygen atoms in total. The highest BCUT2D eigenvalue weighted by Gasteiger charge is 2.43. The minimum atomic E-state index is -1.44. The molecule has 5 unspecified atom stereocenters. The summed E-state index contributed by atoms with van der Waals surface area (Å²) < 4.78 is 10.2. The fourth-order valence-corrected chi connectivity index (χ4v) is 3.09. The molecule has 3 rings (SSSR count). The molecule has 1 fully saturated rings. The third kappa shape index (κ3) is 4.16. The van der Waals surface area contributed by atoms with Gasteiger partial charge in [-0.25, -0.2) is 4.79 Å². The third-order valence-electron chi connectivity index (χ3n) is 4.70. The molecule has 2 aromatic rings. The molecule has 2 aromatic carbocycles. The van der Waals surface area contributed by atoms with Gasteiger partial charge in [0.15, 0.2) is 6.23 Å². The molecule has 0 aliphatic carbocycles. The van der Waals surface area contributed by atoms with Crippen LogP contribution in [-0.4, -0.2) is 70.8 Å². The van der Waals surface area contributed by atoms with Crippen LogP contribution in [0.4, 0.5) is 5.69 Å². The Hall–Kier alpha value is -2.49. The van der Waals surface area contributed by atoms with E-state index in [0.29, 0.717) is 11.3 Å². The maximum atomic E-state index is 11.7. The van der Waals surface area contributed by atoms with Gasteiger partial charge >= 0.3 is 5.97 Å². The molecule has 1 heterocycles. The van der Waals surface area contributed by atoms with Gasteiger partial charge in [0.05, 0.1) is 19.3 Å². The summed E-state index contributed by atoms with van der Waals surface area (Å²) in [7, 11) is 1.33. The lowest BCUT2D eigenvalue weighted by Gasteiger charge is -2.40. The number of aliphatic hydroxyl groups is 4. The number of carbonyl (C=O) groups is 1. The number of anilines is 1. The summed E-state index contributed by atoms with van der Waals surface area (Å²) >= 11 is 0. The van der Waals surface area contributed by atoms with Gasteiger partial charge in [0, 0.05) is 5.69 Å². The first-order chi connectivity index (χ1) is 13.4. The van der Waals surface area contributed by atoms with E-state index in [0.717, 1.165) is 11.1 Å². The maximum Gasteiger partial charge on any atom is 0.337 e. The smallest absolute Gasteiger partial charge is 0.337 e. The number of benzene rings is 2. The molecule has 0 radical (unpaired) electrons. The first-order valence-corrected chi connectivity index (χ1v) is 8.80. The van der Waals surface area contributed by atoms with Crippen molar-refractivity contribution in [2.24, 2.45) is 0 Å². The molecular formula is C20H23NO7. The normalized spacial score (nSPS) is 27.2. The molecule has 1 saturated heterocycles. The SMILES string of the molecule is COC(=O)c1cccc(-c2ccc(NC3OC(CO)C(O)C(O)C3O)cc2)c1. The number of nitrogens with one attached hydrogen (secondary N) is 1. The van der Waals surface area contributed by atoms with Crippen LogP contribution in [0, 0.1) is 0 Å². The Balaban J connectivity index is 1.74. The number of aliphatic hydroxyl groups excluding tert-OH is 4. The van der Waals surface area contributed by atoms with Crippen LogP contribution < -0.4 is 5.32 Å². The van der Waals surface area contributed by atoms with Crippen LogP contribution in [-0.2, 0) is 9.47 Å². The van der Waals surface area contributed by atoms with Crippen LogP contribution in [0.3, 0.4) is 0 Å². The van der Waals surface area contributed by atoms with E-state index in [4.69, 9.17) is 9.47 Å². The van der Waals surface area contributed by atoms with Crippen LogP contribution in [0.2, 0.25) is 0 Å². The highest BCUT2D eigenvalue weighted by atomic mass is 16.6. The van der Waals surface area contributed by atoms with Gasteiger partial charge in [-0.1, -0.05) is 24.3 Å². The molecule has 0 saturated carbocycles. The van der Waals surface area contributed by atoms with Crippen LogP contribution in [0.1, 0.15) is 10.4 Å². The van der Waals surface area contributed by atoms with Gasteiger partial charge < -0.3 is 35.2 Å². The summed E-state index contributed by atoms with van der Waals surface area (Å²) in [5.41, 5.74) is 2.76. The van der Waals surface area contributed by atoms with Crippen molar-refractivity contribution in [2.75, 3.05) is 19.0 Å². The molecule has 28 heavy (non-hydrogen) atoms. The zero-order valence-corrected chi connectivity index (χ0v) is 15.2. The molecule has 1 aliphatic rings. The van der Waals surface area contributed by atoms with Crippen molar-refractivity contribution in [1.29, 1.82) is 0 Å². The van der Waals surface area contributed by atoms with Gasteiger partial charge in [-0.15, -0.1) is 0 Å². The molecule has 150 valence electrons. The fourth-order valence-electron chi connectivity index (χ4n) is 3.09. The van der Waals surface area contributed by atoms with Gasteiger partial charge in [-0.3, -0.25) is 0 Å². The molecular weight excluding hydrogens is 366 g/mol. The van der Waals surface area contributed by atoms with Crippen molar-refractivity contribution in [3.05, 3.63) is 54.1 Å². The number of hydrogen-bond donors (Lipinski definition) is 5. The van der Waals surface area contributed by atoms with Crippen molar-refractivity contribution in [2.45, 2.75) is 30.6 Å². The number of ether oxygens (including phenoxy) is 2. The monoisotopic (exact) mass is 389 g/mol. The minimum absolute atomic E-state index is 0.414. The zero-order valence-electron chi connectivity index (χ0n) is 15.2. The van der Waals surface area contributed by atoms with Crippen molar-refractivity contribution in [1.82, 2.24) is 0 Å². The predicted octanol–water partition coefficient (Wildman–Crippen LogP) is 0.352. The number of methoxy groups -OCH3 is 1. The fraction of sp³-hybridized carbons (Fsp3) is 0.350. The highest BCUT2D eigenvalue weighted by molar-refractivity contribution is 5.91. The molecule has 5 atom stereocenters. The van der Waals surface area contributed by atoms with E-state index in [2.05, 4.69) is 5.32 Å². The number of hydrogen-bond acceptors (Lipinski definition) is 8. The molecule has 8 heteroatoms. The lowest BCUT2D eigenvalue weighted by atomic mass is 9.98. The van der Waals surface area contributed by atoms with Crippen molar-refractivity contribution < 1.29 is 34.7 Å². The third-order valence-corrected chi connectivity index (χ3v) is 4.70. The van der Waals surface area contributed by atoms with E-state index in [9.17, 15) is 25.2 Å². The highest BCUT2D eigenvalue weighted by Crippen LogP contribution is 2.26. The Morgan fingerprint density at radius 2 is 1.75 bits per heavy atom. The second-order valence-corrected chi connectivity index (χ2v) is 6.54. The van der Waals surface area contributed by atoms with Gasteiger partial charge in [0.1, 0.15) is 24.4 Å². The summed E-state index contributed by atoms with van der Waals surface area (Å²) in [5, 5.41) is 42.0. The Morgan fingerprint density at radius 1 is 1.04 bits per heavy atom. The molecule has 5 N–H and O–H groups in total. The summed E-state index contributed by atoms with van der Waals surface area (Å²) in [6.07, 6.45) is -6.18. The number of carbonyl (C=O) groups excluding carboxylic acids is 1.